The summed E-state index contributed by atoms with van der Waals surface area (Å²) in [5, 5.41) is 9.66. The normalized spacial score (nSPS) is 11.1. The van der Waals surface area contributed by atoms with Gasteiger partial charge < -0.3 is 9.30 Å². The minimum absolute atomic E-state index is 0.515. The lowest BCUT2D eigenvalue weighted by Crippen LogP contribution is -2.04. The van der Waals surface area contributed by atoms with Gasteiger partial charge in [-0.15, -0.1) is 10.2 Å². The summed E-state index contributed by atoms with van der Waals surface area (Å²) in [6, 6.07) is 16.5. The molecule has 3 aromatic rings. The molecule has 1 heterocycles. The van der Waals surface area contributed by atoms with Crippen LogP contribution in [0.1, 0.15) is 25.0 Å². The number of hydrogen-bond donors (Lipinski definition) is 0. The number of aryl methyl sites for hydroxylation is 1. The first-order valence-corrected chi connectivity index (χ1v) is 9.83. The van der Waals surface area contributed by atoms with Gasteiger partial charge in [-0.25, -0.2) is 0 Å². The molecule has 4 nitrogen and oxygen atoms in total. The van der Waals surface area contributed by atoms with Gasteiger partial charge in [0.1, 0.15) is 5.75 Å². The molecule has 5 heteroatoms. The van der Waals surface area contributed by atoms with Crippen molar-refractivity contribution in [1.82, 2.24) is 14.8 Å². The maximum absolute atomic E-state index is 5.75. The van der Waals surface area contributed by atoms with Gasteiger partial charge in [0.2, 0.25) is 0 Å². The van der Waals surface area contributed by atoms with Crippen molar-refractivity contribution in [1.29, 1.82) is 0 Å². The summed E-state index contributed by atoms with van der Waals surface area (Å²) in [6.45, 7) is 7.15. The highest BCUT2D eigenvalue weighted by Gasteiger charge is 2.12. The van der Waals surface area contributed by atoms with Gasteiger partial charge in [-0.2, -0.15) is 0 Å². The minimum Gasteiger partial charge on any atom is -0.493 e. The molecule has 136 valence electrons. The molecule has 0 saturated heterocycles. The van der Waals surface area contributed by atoms with E-state index in [-0.39, 0.29) is 0 Å². The van der Waals surface area contributed by atoms with Crippen molar-refractivity contribution >= 4 is 11.8 Å². The van der Waals surface area contributed by atoms with Gasteiger partial charge in [-0.05, 0) is 48.2 Å². The number of rotatable bonds is 7. The molecule has 0 saturated carbocycles. The summed E-state index contributed by atoms with van der Waals surface area (Å²) in [4.78, 5) is 0. The zero-order valence-electron chi connectivity index (χ0n) is 15.8. The van der Waals surface area contributed by atoms with Crippen LogP contribution < -0.4 is 4.74 Å². The standard InChI is InChI=1S/C21H25N3OS/c1-15(2)13-25-19-11-9-17(10-12-19)20-22-23-21(24(20)4)26-14-18-8-6-5-7-16(18)3/h5-12,15H,13-14H2,1-4H3. The van der Waals surface area contributed by atoms with Gasteiger partial charge in [0, 0.05) is 18.4 Å². The summed E-state index contributed by atoms with van der Waals surface area (Å²) in [6.07, 6.45) is 0. The molecule has 26 heavy (non-hydrogen) atoms. The van der Waals surface area contributed by atoms with Crippen LogP contribution in [0.25, 0.3) is 11.4 Å². The van der Waals surface area contributed by atoms with Crippen LogP contribution in [0.15, 0.2) is 53.7 Å². The van der Waals surface area contributed by atoms with Gasteiger partial charge in [0.25, 0.3) is 0 Å². The lowest BCUT2D eigenvalue weighted by atomic mass is 10.1. The third-order valence-corrected chi connectivity index (χ3v) is 5.22. The van der Waals surface area contributed by atoms with Crippen molar-refractivity contribution in [2.75, 3.05) is 6.61 Å². The van der Waals surface area contributed by atoms with Gasteiger partial charge in [0.05, 0.1) is 6.61 Å². The summed E-state index contributed by atoms with van der Waals surface area (Å²) < 4.78 is 7.79. The van der Waals surface area contributed by atoms with Crippen molar-refractivity contribution < 1.29 is 4.74 Å². The predicted molar refractivity (Wildman–Crippen MR) is 108 cm³/mol. The molecule has 0 fully saturated rings. The molecule has 0 amide bonds. The molecule has 0 spiro atoms. The Labute approximate surface area is 159 Å². The Morgan fingerprint density at radius 3 is 2.46 bits per heavy atom. The van der Waals surface area contributed by atoms with Gasteiger partial charge >= 0.3 is 0 Å². The van der Waals surface area contributed by atoms with Crippen LogP contribution in [0.3, 0.4) is 0 Å². The molecule has 0 aliphatic heterocycles. The van der Waals surface area contributed by atoms with E-state index in [1.165, 1.54) is 11.1 Å². The Kier molecular flexibility index (Phi) is 5.99. The third-order valence-electron chi connectivity index (χ3n) is 4.15. The molecule has 0 aliphatic rings. The Hall–Kier alpha value is -2.27. The van der Waals surface area contributed by atoms with E-state index in [1.807, 2.05) is 35.9 Å². The molecule has 0 bridgehead atoms. The van der Waals surface area contributed by atoms with Crippen LogP contribution in [-0.4, -0.2) is 21.4 Å². The highest BCUT2D eigenvalue weighted by atomic mass is 32.2. The fourth-order valence-electron chi connectivity index (χ4n) is 2.57. The zero-order valence-corrected chi connectivity index (χ0v) is 16.6. The highest BCUT2D eigenvalue weighted by Crippen LogP contribution is 2.27. The van der Waals surface area contributed by atoms with Gasteiger partial charge in [-0.1, -0.05) is 49.9 Å². The molecule has 0 radical (unpaired) electrons. The van der Waals surface area contributed by atoms with Crippen LogP contribution in [0.4, 0.5) is 0 Å². The SMILES string of the molecule is Cc1ccccc1CSc1nnc(-c2ccc(OCC(C)C)cc2)n1C. The van der Waals surface area contributed by atoms with E-state index in [2.05, 4.69) is 55.2 Å². The number of hydrogen-bond acceptors (Lipinski definition) is 4. The second-order valence-electron chi connectivity index (χ2n) is 6.81. The first-order chi connectivity index (χ1) is 12.5. The molecule has 0 unspecified atom stereocenters. The van der Waals surface area contributed by atoms with Crippen LogP contribution >= 0.6 is 11.8 Å². The molecule has 2 aromatic carbocycles. The van der Waals surface area contributed by atoms with Gasteiger partial charge in [0.15, 0.2) is 11.0 Å². The highest BCUT2D eigenvalue weighted by molar-refractivity contribution is 7.98. The van der Waals surface area contributed by atoms with E-state index < -0.39 is 0 Å². The average molecular weight is 368 g/mol. The smallest absolute Gasteiger partial charge is 0.191 e. The van der Waals surface area contributed by atoms with Crippen LogP contribution in [0, 0.1) is 12.8 Å². The number of aromatic nitrogens is 3. The van der Waals surface area contributed by atoms with E-state index >= 15 is 0 Å². The summed E-state index contributed by atoms with van der Waals surface area (Å²) >= 11 is 1.71. The topological polar surface area (TPSA) is 39.9 Å². The van der Waals surface area contributed by atoms with Gasteiger partial charge in [-0.3, -0.25) is 0 Å². The lowest BCUT2D eigenvalue weighted by molar-refractivity contribution is 0.271. The zero-order chi connectivity index (χ0) is 18.5. The average Bonchev–Trinajstić information content (AvgIpc) is 3.00. The Balaban J connectivity index is 1.69. The second kappa shape index (κ2) is 8.41. The second-order valence-corrected chi connectivity index (χ2v) is 7.75. The molecular formula is C21H25N3OS. The fraction of sp³-hybridized carbons (Fsp3) is 0.333. The summed E-state index contributed by atoms with van der Waals surface area (Å²) in [7, 11) is 2.01. The molecule has 0 aliphatic carbocycles. The van der Waals surface area contributed by atoms with E-state index in [4.69, 9.17) is 4.74 Å². The number of thioether (sulfide) groups is 1. The molecule has 1 aromatic heterocycles. The van der Waals surface area contributed by atoms with Crippen LogP contribution in [0.5, 0.6) is 5.75 Å². The van der Waals surface area contributed by atoms with E-state index in [1.54, 1.807) is 11.8 Å². The molecule has 0 N–H and O–H groups in total. The molecule has 3 rings (SSSR count). The third kappa shape index (κ3) is 4.47. The molecule has 0 atom stereocenters. The van der Waals surface area contributed by atoms with Crippen molar-refractivity contribution in [3.05, 3.63) is 59.7 Å². The lowest BCUT2D eigenvalue weighted by Gasteiger charge is -2.09. The van der Waals surface area contributed by atoms with E-state index in [0.717, 1.165) is 34.7 Å². The Morgan fingerprint density at radius 2 is 1.77 bits per heavy atom. The molecular weight excluding hydrogens is 342 g/mol. The van der Waals surface area contributed by atoms with Crippen molar-refractivity contribution in [2.45, 2.75) is 31.7 Å². The monoisotopic (exact) mass is 367 g/mol. The predicted octanol–water partition coefficient (Wildman–Crippen LogP) is 5.12. The maximum Gasteiger partial charge on any atom is 0.191 e. The largest absolute Gasteiger partial charge is 0.493 e. The van der Waals surface area contributed by atoms with Crippen molar-refractivity contribution in [2.24, 2.45) is 13.0 Å². The number of benzene rings is 2. The number of ether oxygens (including phenoxy) is 1. The van der Waals surface area contributed by atoms with E-state index in [0.29, 0.717) is 5.92 Å². The maximum atomic E-state index is 5.75. The first kappa shape index (κ1) is 18.5. The number of nitrogens with zero attached hydrogens (tertiary/aromatic N) is 3. The van der Waals surface area contributed by atoms with E-state index in [9.17, 15) is 0 Å². The quantitative estimate of drug-likeness (QED) is 0.544. The fourth-order valence-corrected chi connectivity index (χ4v) is 3.56. The van der Waals surface area contributed by atoms with Crippen molar-refractivity contribution in [3.63, 3.8) is 0 Å². The van der Waals surface area contributed by atoms with Crippen LogP contribution in [0.2, 0.25) is 0 Å². The minimum atomic E-state index is 0.515. The van der Waals surface area contributed by atoms with Crippen LogP contribution in [-0.2, 0) is 12.8 Å². The Morgan fingerprint density at radius 1 is 1.04 bits per heavy atom. The van der Waals surface area contributed by atoms with Crippen molar-refractivity contribution in [3.8, 4) is 17.1 Å². The Bertz CT molecular complexity index is 856. The summed E-state index contributed by atoms with van der Waals surface area (Å²) in [5.74, 6) is 3.16. The first-order valence-electron chi connectivity index (χ1n) is 8.84. The summed E-state index contributed by atoms with van der Waals surface area (Å²) in [5.41, 5.74) is 3.67.